The summed E-state index contributed by atoms with van der Waals surface area (Å²) in [6, 6.07) is 7.51. The molecule has 1 N–H and O–H groups in total. The van der Waals surface area contributed by atoms with Crippen LogP contribution < -0.4 is 4.90 Å². The van der Waals surface area contributed by atoms with Crippen molar-refractivity contribution in [3.05, 3.63) is 41.2 Å². The Morgan fingerprint density at radius 3 is 3.00 bits per heavy atom. The molecule has 1 saturated heterocycles. The van der Waals surface area contributed by atoms with Crippen molar-refractivity contribution in [2.24, 2.45) is 0 Å². The van der Waals surface area contributed by atoms with E-state index in [0.29, 0.717) is 16.7 Å². The molecule has 1 unspecified atom stereocenters. The summed E-state index contributed by atoms with van der Waals surface area (Å²) < 4.78 is 0. The van der Waals surface area contributed by atoms with Crippen molar-refractivity contribution >= 4 is 35.2 Å². The molecule has 1 aliphatic heterocycles. The quantitative estimate of drug-likeness (QED) is 0.916. The van der Waals surface area contributed by atoms with E-state index in [1.54, 1.807) is 4.90 Å². The van der Waals surface area contributed by atoms with Crippen LogP contribution in [0, 0.1) is 0 Å². The number of benzene rings is 1. The molecule has 0 saturated carbocycles. The van der Waals surface area contributed by atoms with Crippen LogP contribution in [0.1, 0.15) is 10.9 Å². The molecule has 1 amide bonds. The fraction of sp³-hybridized carbons (Fsp3) is 0.182. The number of anilines is 1. The maximum absolute atomic E-state index is 11.9. The predicted molar refractivity (Wildman–Crippen MR) is 70.5 cm³/mol. The van der Waals surface area contributed by atoms with Gasteiger partial charge in [-0.1, -0.05) is 29.8 Å². The van der Waals surface area contributed by atoms with Gasteiger partial charge in [0, 0.05) is 10.6 Å². The summed E-state index contributed by atoms with van der Waals surface area (Å²) in [7, 11) is 0. The second-order valence-corrected chi connectivity index (χ2v) is 5.23. The lowest BCUT2D eigenvalue weighted by Crippen LogP contribution is -2.29. The Balaban J connectivity index is 2.02. The van der Waals surface area contributed by atoms with Crippen LogP contribution in [0.4, 0.5) is 5.95 Å². The topological polar surface area (TPSA) is 61.9 Å². The summed E-state index contributed by atoms with van der Waals surface area (Å²) in [5.74, 6) is 0.868. The Kier molecular flexibility index (Phi) is 2.97. The molecule has 0 radical (unpaired) electrons. The number of aromatic amines is 1. The summed E-state index contributed by atoms with van der Waals surface area (Å²) in [6.45, 7) is 0. The first-order valence-electron chi connectivity index (χ1n) is 5.31. The molecule has 1 atom stereocenters. The van der Waals surface area contributed by atoms with Gasteiger partial charge in [0.05, 0.1) is 5.75 Å². The first-order chi connectivity index (χ1) is 8.77. The van der Waals surface area contributed by atoms with E-state index >= 15 is 0 Å². The number of thioether (sulfide) groups is 1. The van der Waals surface area contributed by atoms with Gasteiger partial charge in [-0.15, -0.1) is 11.8 Å². The third kappa shape index (κ3) is 1.87. The van der Waals surface area contributed by atoms with Crippen LogP contribution in [-0.2, 0) is 4.79 Å². The molecular weight excluding hydrogens is 272 g/mol. The summed E-state index contributed by atoms with van der Waals surface area (Å²) >= 11 is 7.71. The molecule has 0 aliphatic carbocycles. The van der Waals surface area contributed by atoms with Crippen LogP contribution >= 0.6 is 23.4 Å². The number of amides is 1. The minimum atomic E-state index is -0.154. The number of hydrogen-bond donors (Lipinski definition) is 1. The van der Waals surface area contributed by atoms with Crippen molar-refractivity contribution in [3.63, 3.8) is 0 Å². The van der Waals surface area contributed by atoms with Gasteiger partial charge in [0.2, 0.25) is 11.9 Å². The maximum atomic E-state index is 11.9. The lowest BCUT2D eigenvalue weighted by molar-refractivity contribution is -0.115. The maximum Gasteiger partial charge on any atom is 0.240 e. The van der Waals surface area contributed by atoms with Gasteiger partial charge in [-0.25, -0.2) is 5.10 Å². The second kappa shape index (κ2) is 4.62. The zero-order valence-corrected chi connectivity index (χ0v) is 10.8. The SMILES string of the molecule is O=C1CSC(c2ccccc2Cl)N1c1ncn[nH]1. The highest BCUT2D eigenvalue weighted by molar-refractivity contribution is 8.00. The molecule has 1 aromatic heterocycles. The molecule has 3 rings (SSSR count). The number of carbonyl (C=O) groups is 1. The number of nitrogens with one attached hydrogen (secondary N) is 1. The predicted octanol–water partition coefficient (Wildman–Crippen LogP) is 2.24. The number of rotatable bonds is 2. The first kappa shape index (κ1) is 11.6. The van der Waals surface area contributed by atoms with Crippen molar-refractivity contribution in [3.8, 4) is 0 Å². The molecule has 1 fully saturated rings. The summed E-state index contributed by atoms with van der Waals surface area (Å²) in [5.41, 5.74) is 0.909. The summed E-state index contributed by atoms with van der Waals surface area (Å²) in [5, 5.41) is 6.99. The molecule has 0 bridgehead atoms. The normalized spacial score (nSPS) is 19.5. The standard InChI is InChI=1S/C11H9ClN4OS/c12-8-4-2-1-3-7(8)10-16(9(17)5-18-10)11-13-6-14-15-11/h1-4,6,10H,5H2,(H,13,14,15). The van der Waals surface area contributed by atoms with E-state index < -0.39 is 0 Å². The van der Waals surface area contributed by atoms with E-state index in [1.165, 1.54) is 18.1 Å². The minimum Gasteiger partial charge on any atom is -0.273 e. The highest BCUT2D eigenvalue weighted by Gasteiger charge is 2.36. The van der Waals surface area contributed by atoms with Gasteiger partial charge >= 0.3 is 0 Å². The lowest BCUT2D eigenvalue weighted by Gasteiger charge is -2.21. The average molecular weight is 281 g/mol. The van der Waals surface area contributed by atoms with Crippen LogP contribution in [0.15, 0.2) is 30.6 Å². The van der Waals surface area contributed by atoms with Crippen LogP contribution in [0.3, 0.4) is 0 Å². The van der Waals surface area contributed by atoms with Gasteiger partial charge in [-0.2, -0.15) is 10.1 Å². The smallest absolute Gasteiger partial charge is 0.240 e. The fourth-order valence-corrected chi connectivity index (χ4v) is 3.37. The van der Waals surface area contributed by atoms with Gasteiger partial charge in [0.15, 0.2) is 0 Å². The van der Waals surface area contributed by atoms with Crippen LogP contribution in [0.5, 0.6) is 0 Å². The molecule has 0 spiro atoms. The number of halogens is 1. The van der Waals surface area contributed by atoms with Gasteiger partial charge in [0.1, 0.15) is 11.7 Å². The number of carbonyl (C=O) groups excluding carboxylic acids is 1. The molecule has 92 valence electrons. The van der Waals surface area contributed by atoms with Crippen LogP contribution in [0.2, 0.25) is 5.02 Å². The van der Waals surface area contributed by atoms with E-state index in [1.807, 2.05) is 24.3 Å². The Labute approximate surface area is 113 Å². The van der Waals surface area contributed by atoms with Crippen molar-refractivity contribution in [1.82, 2.24) is 15.2 Å². The lowest BCUT2D eigenvalue weighted by atomic mass is 10.2. The monoisotopic (exact) mass is 280 g/mol. The van der Waals surface area contributed by atoms with Crippen molar-refractivity contribution in [1.29, 1.82) is 0 Å². The van der Waals surface area contributed by atoms with Crippen molar-refractivity contribution in [2.75, 3.05) is 10.7 Å². The largest absolute Gasteiger partial charge is 0.273 e. The van der Waals surface area contributed by atoms with Crippen LogP contribution in [-0.4, -0.2) is 26.8 Å². The first-order valence-corrected chi connectivity index (χ1v) is 6.73. The zero-order valence-electron chi connectivity index (χ0n) is 9.21. The molecule has 1 aromatic carbocycles. The van der Waals surface area contributed by atoms with Crippen molar-refractivity contribution < 1.29 is 4.79 Å². The van der Waals surface area contributed by atoms with Gasteiger partial charge in [-0.05, 0) is 6.07 Å². The number of H-pyrrole nitrogens is 1. The van der Waals surface area contributed by atoms with Crippen molar-refractivity contribution in [2.45, 2.75) is 5.37 Å². The number of hydrogen-bond acceptors (Lipinski definition) is 4. The highest BCUT2D eigenvalue weighted by Crippen LogP contribution is 2.42. The Morgan fingerprint density at radius 2 is 2.28 bits per heavy atom. The third-order valence-corrected chi connectivity index (χ3v) is 4.21. The Hall–Kier alpha value is -1.53. The van der Waals surface area contributed by atoms with Gasteiger partial charge in [-0.3, -0.25) is 9.69 Å². The molecule has 2 aromatic rings. The molecule has 2 heterocycles. The van der Waals surface area contributed by atoms with Gasteiger partial charge in [0.25, 0.3) is 0 Å². The second-order valence-electron chi connectivity index (χ2n) is 3.76. The van der Waals surface area contributed by atoms with E-state index in [0.717, 1.165) is 5.56 Å². The molecule has 18 heavy (non-hydrogen) atoms. The molecule has 1 aliphatic rings. The van der Waals surface area contributed by atoms with Gasteiger partial charge < -0.3 is 0 Å². The Morgan fingerprint density at radius 1 is 1.44 bits per heavy atom. The third-order valence-electron chi connectivity index (χ3n) is 2.67. The minimum absolute atomic E-state index is 0.00155. The fourth-order valence-electron chi connectivity index (χ4n) is 1.87. The Bertz CT molecular complexity index is 574. The van der Waals surface area contributed by atoms with Crippen LogP contribution in [0.25, 0.3) is 0 Å². The van der Waals surface area contributed by atoms with E-state index in [2.05, 4.69) is 15.2 Å². The number of aromatic nitrogens is 3. The highest BCUT2D eigenvalue weighted by atomic mass is 35.5. The van der Waals surface area contributed by atoms with E-state index in [-0.39, 0.29) is 11.3 Å². The van der Waals surface area contributed by atoms with E-state index in [4.69, 9.17) is 11.6 Å². The van der Waals surface area contributed by atoms with E-state index in [9.17, 15) is 4.79 Å². The summed E-state index contributed by atoms with van der Waals surface area (Å²) in [4.78, 5) is 17.6. The molecule has 5 nitrogen and oxygen atoms in total. The molecular formula is C11H9ClN4OS. The summed E-state index contributed by atoms with van der Waals surface area (Å²) in [6.07, 6.45) is 1.38. The average Bonchev–Trinajstić information content (AvgIpc) is 2.98. The zero-order chi connectivity index (χ0) is 12.5. The number of nitrogens with zero attached hydrogens (tertiary/aromatic N) is 3. The molecule has 7 heteroatoms.